The van der Waals surface area contributed by atoms with E-state index >= 15 is 0 Å². The fraction of sp³-hybridized carbons (Fsp3) is 0.250. The molecule has 0 radical (unpaired) electrons. The minimum Gasteiger partial charge on any atom is -0.355 e. The summed E-state index contributed by atoms with van der Waals surface area (Å²) in [6, 6.07) is 10.1. The first-order valence-corrected chi connectivity index (χ1v) is 7.41. The fourth-order valence-corrected chi connectivity index (χ4v) is 2.71. The van der Waals surface area contributed by atoms with Crippen LogP contribution >= 0.6 is 23.1 Å². The van der Waals surface area contributed by atoms with E-state index in [1.165, 1.54) is 28.7 Å². The molecule has 0 spiro atoms. The third-order valence-electron chi connectivity index (χ3n) is 2.25. The van der Waals surface area contributed by atoms with Gasteiger partial charge in [-0.3, -0.25) is 4.79 Å². The highest BCUT2D eigenvalue weighted by Gasteiger charge is 2.04. The molecular weight excluding hydrogens is 266 g/mol. The third kappa shape index (κ3) is 4.46. The van der Waals surface area contributed by atoms with Gasteiger partial charge < -0.3 is 5.32 Å². The second kappa shape index (κ2) is 7.13. The fourth-order valence-electron chi connectivity index (χ4n) is 1.40. The van der Waals surface area contributed by atoms with Gasteiger partial charge in [0.05, 0.1) is 5.75 Å². The van der Waals surface area contributed by atoms with E-state index in [1.807, 2.05) is 18.2 Å². The molecule has 18 heavy (non-hydrogen) atoms. The summed E-state index contributed by atoms with van der Waals surface area (Å²) in [6.45, 7) is 0.666. The van der Waals surface area contributed by atoms with Gasteiger partial charge >= 0.3 is 0 Å². The highest BCUT2D eigenvalue weighted by molar-refractivity contribution is 8.01. The topological polar surface area (TPSA) is 54.9 Å². The standard InChI is InChI=1S/C12H13N3OS2/c16-11(8-17-12-15-14-9-18-12)13-7-6-10-4-2-1-3-5-10/h1-5,9H,6-8H2,(H,13,16). The molecule has 2 rings (SSSR count). The van der Waals surface area contributed by atoms with Gasteiger partial charge in [0.1, 0.15) is 5.51 Å². The van der Waals surface area contributed by atoms with Gasteiger partial charge in [-0.25, -0.2) is 0 Å². The Morgan fingerprint density at radius 3 is 2.89 bits per heavy atom. The van der Waals surface area contributed by atoms with Crippen molar-refractivity contribution in [2.45, 2.75) is 10.8 Å². The predicted molar refractivity (Wildman–Crippen MR) is 73.8 cm³/mol. The number of aromatic nitrogens is 2. The molecule has 4 nitrogen and oxygen atoms in total. The maximum absolute atomic E-state index is 11.6. The summed E-state index contributed by atoms with van der Waals surface area (Å²) in [4.78, 5) is 11.6. The Hall–Kier alpha value is -1.40. The number of hydrogen-bond acceptors (Lipinski definition) is 5. The van der Waals surface area contributed by atoms with Crippen LogP contribution in [0.15, 0.2) is 40.2 Å². The largest absolute Gasteiger partial charge is 0.355 e. The third-order valence-corrected chi connectivity index (χ3v) is 4.11. The smallest absolute Gasteiger partial charge is 0.230 e. The lowest BCUT2D eigenvalue weighted by molar-refractivity contribution is -0.118. The highest BCUT2D eigenvalue weighted by Crippen LogP contribution is 2.17. The van der Waals surface area contributed by atoms with Crippen LogP contribution in [-0.4, -0.2) is 28.4 Å². The lowest BCUT2D eigenvalue weighted by atomic mass is 10.1. The van der Waals surface area contributed by atoms with E-state index in [2.05, 4.69) is 27.6 Å². The molecule has 0 unspecified atom stereocenters. The summed E-state index contributed by atoms with van der Waals surface area (Å²) in [5.41, 5.74) is 2.89. The number of hydrogen-bond donors (Lipinski definition) is 1. The second-order valence-electron chi connectivity index (χ2n) is 3.58. The van der Waals surface area contributed by atoms with Gasteiger partial charge in [0, 0.05) is 6.54 Å². The minimum atomic E-state index is 0.0335. The van der Waals surface area contributed by atoms with E-state index in [0.29, 0.717) is 12.3 Å². The molecule has 1 aromatic carbocycles. The molecule has 0 aliphatic heterocycles. The Morgan fingerprint density at radius 1 is 1.33 bits per heavy atom. The van der Waals surface area contributed by atoms with Gasteiger partial charge in [0.15, 0.2) is 4.34 Å². The molecule has 1 N–H and O–H groups in total. The number of carbonyl (C=O) groups is 1. The van der Waals surface area contributed by atoms with E-state index in [1.54, 1.807) is 5.51 Å². The Kier molecular flexibility index (Phi) is 5.16. The molecule has 0 atom stereocenters. The monoisotopic (exact) mass is 279 g/mol. The van der Waals surface area contributed by atoms with Crippen LogP contribution in [0.1, 0.15) is 5.56 Å². The van der Waals surface area contributed by atoms with Gasteiger partial charge in [0.25, 0.3) is 0 Å². The Morgan fingerprint density at radius 2 is 2.17 bits per heavy atom. The van der Waals surface area contributed by atoms with Crippen LogP contribution in [0.25, 0.3) is 0 Å². The van der Waals surface area contributed by atoms with Crippen LogP contribution in [-0.2, 0) is 11.2 Å². The van der Waals surface area contributed by atoms with E-state index in [9.17, 15) is 4.79 Å². The lowest BCUT2D eigenvalue weighted by Crippen LogP contribution is -2.27. The number of nitrogens with zero attached hydrogens (tertiary/aromatic N) is 2. The van der Waals surface area contributed by atoms with Crippen LogP contribution in [0.4, 0.5) is 0 Å². The van der Waals surface area contributed by atoms with Crippen LogP contribution in [0, 0.1) is 0 Å². The van der Waals surface area contributed by atoms with Gasteiger partial charge in [-0.1, -0.05) is 53.4 Å². The average Bonchev–Trinajstić information content (AvgIpc) is 2.91. The van der Waals surface area contributed by atoms with Gasteiger partial charge in [-0.05, 0) is 12.0 Å². The quantitative estimate of drug-likeness (QED) is 0.822. The number of thioether (sulfide) groups is 1. The zero-order chi connectivity index (χ0) is 12.6. The first-order chi connectivity index (χ1) is 8.84. The van der Waals surface area contributed by atoms with Gasteiger partial charge in [-0.15, -0.1) is 10.2 Å². The number of nitrogens with one attached hydrogen (secondary N) is 1. The summed E-state index contributed by atoms with van der Waals surface area (Å²) in [5.74, 6) is 0.426. The van der Waals surface area contributed by atoms with Crippen molar-refractivity contribution in [2.75, 3.05) is 12.3 Å². The van der Waals surface area contributed by atoms with Crippen LogP contribution < -0.4 is 5.32 Å². The van der Waals surface area contributed by atoms with Crippen LogP contribution in [0.2, 0.25) is 0 Å². The molecule has 1 amide bonds. The zero-order valence-corrected chi connectivity index (χ0v) is 11.3. The van der Waals surface area contributed by atoms with Gasteiger partial charge in [0.2, 0.25) is 5.91 Å². The molecule has 0 bridgehead atoms. The van der Waals surface area contributed by atoms with E-state index < -0.39 is 0 Å². The van der Waals surface area contributed by atoms with Crippen molar-refractivity contribution in [3.8, 4) is 0 Å². The maximum Gasteiger partial charge on any atom is 0.230 e. The maximum atomic E-state index is 11.6. The van der Waals surface area contributed by atoms with Crippen molar-refractivity contribution >= 4 is 29.0 Å². The van der Waals surface area contributed by atoms with Crippen molar-refractivity contribution in [3.05, 3.63) is 41.4 Å². The summed E-state index contributed by atoms with van der Waals surface area (Å²) >= 11 is 2.86. The molecule has 1 aromatic heterocycles. The number of benzene rings is 1. The van der Waals surface area contributed by atoms with Crippen molar-refractivity contribution < 1.29 is 4.79 Å². The van der Waals surface area contributed by atoms with Crippen molar-refractivity contribution in [2.24, 2.45) is 0 Å². The van der Waals surface area contributed by atoms with E-state index in [0.717, 1.165) is 10.8 Å². The molecule has 94 valence electrons. The lowest BCUT2D eigenvalue weighted by Gasteiger charge is -2.04. The number of carbonyl (C=O) groups excluding carboxylic acids is 1. The van der Waals surface area contributed by atoms with Crippen LogP contribution in [0.3, 0.4) is 0 Å². The SMILES string of the molecule is O=C(CSc1nncs1)NCCc1ccccc1. The Balaban J connectivity index is 1.63. The molecule has 0 saturated carbocycles. The highest BCUT2D eigenvalue weighted by atomic mass is 32.2. The molecule has 0 fully saturated rings. The molecule has 2 aromatic rings. The number of rotatable bonds is 6. The first-order valence-electron chi connectivity index (χ1n) is 5.54. The average molecular weight is 279 g/mol. The molecule has 6 heteroatoms. The van der Waals surface area contributed by atoms with Crippen molar-refractivity contribution in [1.29, 1.82) is 0 Å². The Labute approximate surface area is 114 Å². The molecule has 0 saturated heterocycles. The molecular formula is C12H13N3OS2. The summed E-state index contributed by atoms with van der Waals surface area (Å²) in [6.07, 6.45) is 0.857. The predicted octanol–water partition coefficient (Wildman–Crippen LogP) is 1.99. The molecule has 1 heterocycles. The number of amides is 1. The van der Waals surface area contributed by atoms with Crippen LogP contribution in [0.5, 0.6) is 0 Å². The summed E-state index contributed by atoms with van der Waals surface area (Å²) < 4.78 is 0.827. The normalized spacial score (nSPS) is 10.2. The van der Waals surface area contributed by atoms with Crippen molar-refractivity contribution in [1.82, 2.24) is 15.5 Å². The zero-order valence-electron chi connectivity index (χ0n) is 9.70. The Bertz CT molecular complexity index is 473. The van der Waals surface area contributed by atoms with E-state index in [-0.39, 0.29) is 5.91 Å². The van der Waals surface area contributed by atoms with Crippen molar-refractivity contribution in [3.63, 3.8) is 0 Å². The minimum absolute atomic E-state index is 0.0335. The first kappa shape index (κ1) is 13.0. The summed E-state index contributed by atoms with van der Waals surface area (Å²) in [5, 5.41) is 10.5. The van der Waals surface area contributed by atoms with E-state index in [4.69, 9.17) is 0 Å². The molecule has 0 aliphatic rings. The molecule has 0 aliphatic carbocycles. The second-order valence-corrected chi connectivity index (χ2v) is 5.63. The summed E-state index contributed by atoms with van der Waals surface area (Å²) in [7, 11) is 0. The van der Waals surface area contributed by atoms with Gasteiger partial charge in [-0.2, -0.15) is 0 Å².